The second-order valence-corrected chi connectivity index (χ2v) is 3.81. The van der Waals surface area contributed by atoms with Gasteiger partial charge in [-0.2, -0.15) is 0 Å². The number of amides is 1. The molecule has 0 N–H and O–H groups in total. The van der Waals surface area contributed by atoms with Gasteiger partial charge in [0, 0.05) is 14.1 Å². The standard InChI is InChI=1S/C5H10.C3H7NO.C3H8/c1-5-3-2-4-5;1-4(2)3-5;1-3-2/h5H,2-4H2,1H3;3H,1-2H3;3H2,1-2H3. The minimum Gasteiger partial charge on any atom is -0.351 e. The molecule has 0 saturated heterocycles. The lowest BCUT2D eigenvalue weighted by atomic mass is 9.88. The molecule has 1 amide bonds. The molecular formula is C11H25NO. The zero-order valence-corrected chi connectivity index (χ0v) is 9.84. The van der Waals surface area contributed by atoms with Crippen LogP contribution in [-0.4, -0.2) is 25.4 Å². The monoisotopic (exact) mass is 187 g/mol. The maximum absolute atomic E-state index is 9.43. The Balaban J connectivity index is 0. The summed E-state index contributed by atoms with van der Waals surface area (Å²) in [7, 11) is 3.38. The molecule has 1 rings (SSSR count). The van der Waals surface area contributed by atoms with Gasteiger partial charge in [-0.05, 0) is 5.92 Å². The van der Waals surface area contributed by atoms with E-state index in [1.807, 2.05) is 0 Å². The SMILES string of the molecule is CC1CCC1.CCC.CN(C)C=O. The van der Waals surface area contributed by atoms with Crippen molar-refractivity contribution < 1.29 is 4.79 Å². The Labute approximate surface area is 83.3 Å². The maximum Gasteiger partial charge on any atom is 0.209 e. The molecule has 80 valence electrons. The average Bonchev–Trinajstić information content (AvgIpc) is 2.03. The van der Waals surface area contributed by atoms with Gasteiger partial charge >= 0.3 is 0 Å². The van der Waals surface area contributed by atoms with Crippen LogP contribution in [0.5, 0.6) is 0 Å². The third-order valence-corrected chi connectivity index (χ3v) is 1.60. The minimum absolute atomic E-state index is 0.750. The Morgan fingerprint density at radius 2 is 1.54 bits per heavy atom. The summed E-state index contributed by atoms with van der Waals surface area (Å²) >= 11 is 0. The summed E-state index contributed by atoms with van der Waals surface area (Å²) < 4.78 is 0. The largest absolute Gasteiger partial charge is 0.351 e. The Kier molecular flexibility index (Phi) is 13.2. The number of carbonyl (C=O) groups is 1. The Bertz CT molecular complexity index is 98.3. The number of nitrogens with zero attached hydrogens (tertiary/aromatic N) is 1. The molecule has 2 heteroatoms. The molecular weight excluding hydrogens is 162 g/mol. The lowest BCUT2D eigenvalue weighted by molar-refractivity contribution is -0.115. The van der Waals surface area contributed by atoms with Gasteiger partial charge in [-0.3, -0.25) is 4.79 Å². The second kappa shape index (κ2) is 11.5. The van der Waals surface area contributed by atoms with Crippen molar-refractivity contribution in [2.75, 3.05) is 14.1 Å². The molecule has 1 aliphatic carbocycles. The van der Waals surface area contributed by atoms with Crippen LogP contribution in [0.4, 0.5) is 0 Å². The summed E-state index contributed by atoms with van der Waals surface area (Å²) in [6.45, 7) is 6.56. The van der Waals surface area contributed by atoms with E-state index >= 15 is 0 Å². The Hall–Kier alpha value is -0.530. The first-order valence-electron chi connectivity index (χ1n) is 5.20. The highest BCUT2D eigenvalue weighted by molar-refractivity contribution is 5.45. The molecule has 1 aliphatic rings. The van der Waals surface area contributed by atoms with Crippen molar-refractivity contribution >= 4 is 6.41 Å². The fourth-order valence-electron chi connectivity index (χ4n) is 0.612. The van der Waals surface area contributed by atoms with E-state index in [1.54, 1.807) is 14.1 Å². The van der Waals surface area contributed by atoms with Crippen LogP contribution in [0.1, 0.15) is 46.5 Å². The van der Waals surface area contributed by atoms with Gasteiger partial charge in [0.05, 0.1) is 0 Å². The van der Waals surface area contributed by atoms with Crippen LogP contribution in [0.2, 0.25) is 0 Å². The summed E-state index contributed by atoms with van der Waals surface area (Å²) in [5.41, 5.74) is 0. The second-order valence-electron chi connectivity index (χ2n) is 3.81. The van der Waals surface area contributed by atoms with Crippen LogP contribution in [0.3, 0.4) is 0 Å². The molecule has 1 saturated carbocycles. The highest BCUT2D eigenvalue weighted by Gasteiger charge is 2.09. The van der Waals surface area contributed by atoms with Gasteiger partial charge in [0.25, 0.3) is 0 Å². The smallest absolute Gasteiger partial charge is 0.209 e. The van der Waals surface area contributed by atoms with Crippen molar-refractivity contribution in [3.63, 3.8) is 0 Å². The number of carbonyl (C=O) groups excluding carboxylic acids is 1. The van der Waals surface area contributed by atoms with Crippen molar-refractivity contribution in [1.29, 1.82) is 0 Å². The summed E-state index contributed by atoms with van der Waals surface area (Å²) in [6.07, 6.45) is 6.46. The molecule has 2 nitrogen and oxygen atoms in total. The quantitative estimate of drug-likeness (QED) is 0.578. The van der Waals surface area contributed by atoms with Crippen LogP contribution < -0.4 is 0 Å². The van der Waals surface area contributed by atoms with Crippen molar-refractivity contribution in [3.8, 4) is 0 Å². The molecule has 0 atom stereocenters. The Morgan fingerprint density at radius 3 is 1.54 bits per heavy atom. The predicted octanol–water partition coefficient (Wildman–Crippen LogP) is 2.93. The number of hydrogen-bond acceptors (Lipinski definition) is 1. The lowest BCUT2D eigenvalue weighted by Crippen LogP contribution is -2.06. The van der Waals surface area contributed by atoms with Gasteiger partial charge in [-0.1, -0.05) is 46.5 Å². The van der Waals surface area contributed by atoms with Crippen LogP contribution in [0.25, 0.3) is 0 Å². The molecule has 0 aromatic carbocycles. The van der Waals surface area contributed by atoms with Crippen molar-refractivity contribution in [1.82, 2.24) is 4.90 Å². The summed E-state index contributed by atoms with van der Waals surface area (Å²) in [4.78, 5) is 10.9. The number of hydrogen-bond donors (Lipinski definition) is 0. The van der Waals surface area contributed by atoms with E-state index in [4.69, 9.17) is 0 Å². The molecule has 0 radical (unpaired) electrons. The molecule has 0 bridgehead atoms. The first-order chi connectivity index (χ1) is 6.08. The molecule has 0 aromatic heterocycles. The van der Waals surface area contributed by atoms with Gasteiger partial charge < -0.3 is 4.90 Å². The highest BCUT2D eigenvalue weighted by Crippen LogP contribution is 2.24. The van der Waals surface area contributed by atoms with Gasteiger partial charge in [0.2, 0.25) is 6.41 Å². The normalized spacial score (nSPS) is 13.9. The summed E-state index contributed by atoms with van der Waals surface area (Å²) in [5, 5.41) is 0. The van der Waals surface area contributed by atoms with Gasteiger partial charge in [-0.15, -0.1) is 0 Å². The molecule has 13 heavy (non-hydrogen) atoms. The molecule has 0 spiro atoms. The van der Waals surface area contributed by atoms with E-state index in [2.05, 4.69) is 20.8 Å². The summed E-state index contributed by atoms with van der Waals surface area (Å²) in [6, 6.07) is 0. The first kappa shape index (κ1) is 15.0. The first-order valence-corrected chi connectivity index (χ1v) is 5.20. The van der Waals surface area contributed by atoms with Crippen LogP contribution in [0, 0.1) is 5.92 Å². The van der Waals surface area contributed by atoms with E-state index < -0.39 is 0 Å². The lowest BCUT2D eigenvalue weighted by Gasteiger charge is -2.18. The zero-order valence-electron chi connectivity index (χ0n) is 9.84. The van der Waals surface area contributed by atoms with Gasteiger partial charge in [0.1, 0.15) is 0 Å². The van der Waals surface area contributed by atoms with E-state index in [0.717, 1.165) is 12.3 Å². The van der Waals surface area contributed by atoms with Gasteiger partial charge in [0.15, 0.2) is 0 Å². The van der Waals surface area contributed by atoms with Gasteiger partial charge in [-0.25, -0.2) is 0 Å². The van der Waals surface area contributed by atoms with Crippen LogP contribution in [0.15, 0.2) is 0 Å². The third-order valence-electron chi connectivity index (χ3n) is 1.60. The van der Waals surface area contributed by atoms with Crippen molar-refractivity contribution in [2.45, 2.75) is 46.5 Å². The molecule has 0 unspecified atom stereocenters. The molecule has 1 fully saturated rings. The fourth-order valence-corrected chi connectivity index (χ4v) is 0.612. The fraction of sp³-hybridized carbons (Fsp3) is 0.909. The zero-order chi connectivity index (χ0) is 10.7. The minimum atomic E-state index is 0.750. The topological polar surface area (TPSA) is 20.3 Å². The Morgan fingerprint density at radius 1 is 1.31 bits per heavy atom. The molecule has 0 aromatic rings. The molecule has 0 heterocycles. The predicted molar refractivity (Wildman–Crippen MR) is 58.7 cm³/mol. The maximum atomic E-state index is 9.43. The van der Waals surface area contributed by atoms with E-state index in [1.165, 1.54) is 30.6 Å². The third kappa shape index (κ3) is 18.4. The molecule has 0 aliphatic heterocycles. The van der Waals surface area contributed by atoms with E-state index in [-0.39, 0.29) is 0 Å². The van der Waals surface area contributed by atoms with E-state index in [9.17, 15) is 4.79 Å². The van der Waals surface area contributed by atoms with E-state index in [0.29, 0.717) is 0 Å². The highest BCUT2D eigenvalue weighted by atomic mass is 16.1. The summed E-state index contributed by atoms with van der Waals surface area (Å²) in [5.74, 6) is 1.06. The van der Waals surface area contributed by atoms with Crippen molar-refractivity contribution in [3.05, 3.63) is 0 Å². The van der Waals surface area contributed by atoms with Crippen LogP contribution >= 0.6 is 0 Å². The van der Waals surface area contributed by atoms with Crippen molar-refractivity contribution in [2.24, 2.45) is 5.92 Å². The average molecular weight is 187 g/mol. The number of rotatable bonds is 1. The van der Waals surface area contributed by atoms with Crippen LogP contribution in [-0.2, 0) is 4.79 Å².